The molecule has 0 spiro atoms. The Morgan fingerprint density at radius 1 is 1.30 bits per heavy atom. The number of nitrogens with zero attached hydrogens (tertiary/aromatic N) is 2. The first-order valence-electron chi connectivity index (χ1n) is 7.41. The number of carbonyl (C=O) groups is 1. The minimum Gasteiger partial charge on any atom is -0.431 e. The maximum atomic E-state index is 12.4. The Hall–Kier alpha value is -2.34. The van der Waals surface area contributed by atoms with Crippen LogP contribution < -0.4 is 5.32 Å². The van der Waals surface area contributed by atoms with Gasteiger partial charge >= 0.3 is 0 Å². The van der Waals surface area contributed by atoms with E-state index in [1.54, 1.807) is 12.3 Å². The Bertz CT molecular complexity index is 781. The van der Waals surface area contributed by atoms with Gasteiger partial charge in [-0.3, -0.25) is 4.79 Å². The van der Waals surface area contributed by atoms with E-state index in [9.17, 15) is 4.79 Å². The number of nitrogens with one attached hydrogen (secondary N) is 1. The lowest BCUT2D eigenvalue weighted by atomic mass is 10.3. The summed E-state index contributed by atoms with van der Waals surface area (Å²) in [6, 6.07) is 11.3. The van der Waals surface area contributed by atoms with Crippen molar-refractivity contribution in [3.05, 3.63) is 48.2 Å². The number of anilines is 1. The Balaban J connectivity index is 1.71. The number of para-hydroxylation sites is 2. The van der Waals surface area contributed by atoms with Crippen LogP contribution in [-0.2, 0) is 4.79 Å². The van der Waals surface area contributed by atoms with Gasteiger partial charge in [0.2, 0.25) is 5.91 Å². The number of benzene rings is 1. The van der Waals surface area contributed by atoms with Crippen molar-refractivity contribution in [1.29, 1.82) is 0 Å². The summed E-state index contributed by atoms with van der Waals surface area (Å²) in [6.07, 6.45) is 2.39. The monoisotopic (exact) mass is 327 g/mol. The molecule has 0 aliphatic rings. The quantitative estimate of drug-likeness (QED) is 0.716. The molecule has 0 radical (unpaired) electrons. The van der Waals surface area contributed by atoms with Gasteiger partial charge < -0.3 is 9.73 Å². The van der Waals surface area contributed by atoms with Gasteiger partial charge in [0.05, 0.1) is 5.25 Å². The second-order valence-electron chi connectivity index (χ2n) is 5.17. The molecule has 1 unspecified atom stereocenters. The van der Waals surface area contributed by atoms with Crippen molar-refractivity contribution in [3.8, 4) is 0 Å². The first kappa shape index (κ1) is 15.6. The highest BCUT2D eigenvalue weighted by atomic mass is 32.2. The lowest BCUT2D eigenvalue weighted by Crippen LogP contribution is -2.25. The predicted octanol–water partition coefficient (Wildman–Crippen LogP) is 4.04. The Morgan fingerprint density at radius 3 is 2.83 bits per heavy atom. The molecule has 1 N–H and O–H groups in total. The molecule has 5 nitrogen and oxygen atoms in total. The zero-order valence-corrected chi connectivity index (χ0v) is 13.8. The van der Waals surface area contributed by atoms with E-state index in [4.69, 9.17) is 4.42 Å². The summed E-state index contributed by atoms with van der Waals surface area (Å²) in [5.74, 6) is 0.452. The maximum absolute atomic E-state index is 12.4. The van der Waals surface area contributed by atoms with E-state index in [0.717, 1.165) is 16.7 Å². The molecule has 6 heteroatoms. The summed E-state index contributed by atoms with van der Waals surface area (Å²) >= 11 is 1.33. The van der Waals surface area contributed by atoms with E-state index in [0.29, 0.717) is 17.5 Å². The number of aromatic nitrogens is 2. The summed E-state index contributed by atoms with van der Waals surface area (Å²) in [5, 5.41) is 3.05. The van der Waals surface area contributed by atoms with Gasteiger partial charge in [0.1, 0.15) is 11.3 Å². The van der Waals surface area contributed by atoms with Crippen LogP contribution in [0.3, 0.4) is 0 Å². The van der Waals surface area contributed by atoms with Crippen molar-refractivity contribution < 1.29 is 9.21 Å². The van der Waals surface area contributed by atoms with Gasteiger partial charge in [-0.1, -0.05) is 36.9 Å². The highest BCUT2D eigenvalue weighted by Crippen LogP contribution is 2.28. The number of hydrogen-bond donors (Lipinski definition) is 1. The molecule has 0 bridgehead atoms. The third-order valence-corrected chi connectivity index (χ3v) is 4.55. The predicted molar refractivity (Wildman–Crippen MR) is 91.5 cm³/mol. The smallest absolute Gasteiger partial charge is 0.257 e. The maximum Gasteiger partial charge on any atom is 0.257 e. The fourth-order valence-electron chi connectivity index (χ4n) is 2.09. The number of aryl methyl sites for hydroxylation is 1. The highest BCUT2D eigenvalue weighted by Gasteiger charge is 2.21. The second kappa shape index (κ2) is 6.83. The summed E-state index contributed by atoms with van der Waals surface area (Å²) in [6.45, 7) is 3.92. The normalized spacial score (nSPS) is 12.3. The van der Waals surface area contributed by atoms with Crippen molar-refractivity contribution in [3.63, 3.8) is 0 Å². The van der Waals surface area contributed by atoms with E-state index in [-0.39, 0.29) is 11.2 Å². The molecule has 0 fully saturated rings. The molecule has 0 saturated heterocycles. The van der Waals surface area contributed by atoms with Crippen molar-refractivity contribution in [2.24, 2.45) is 0 Å². The molecule has 1 aromatic carbocycles. The molecule has 2 aromatic heterocycles. The van der Waals surface area contributed by atoms with E-state index in [1.165, 1.54) is 11.8 Å². The van der Waals surface area contributed by atoms with Crippen molar-refractivity contribution in [2.45, 2.75) is 30.7 Å². The van der Waals surface area contributed by atoms with Crippen LogP contribution in [0, 0.1) is 6.92 Å². The minimum atomic E-state index is -0.286. The standard InChI is InChI=1S/C17H17N3O2S/c1-3-14(16(21)20-15-9-8-11(2)10-18-15)23-17-19-12-6-4-5-7-13(12)22-17/h4-10,14H,3H2,1-2H3,(H,18,20,21). The van der Waals surface area contributed by atoms with E-state index >= 15 is 0 Å². The molecule has 3 aromatic rings. The van der Waals surface area contributed by atoms with Crippen LogP contribution >= 0.6 is 11.8 Å². The van der Waals surface area contributed by atoms with Crippen LogP contribution in [-0.4, -0.2) is 21.1 Å². The van der Waals surface area contributed by atoms with E-state index < -0.39 is 0 Å². The molecule has 0 aliphatic carbocycles. The molecule has 1 amide bonds. The zero-order valence-electron chi connectivity index (χ0n) is 12.9. The molecule has 1 atom stereocenters. The van der Waals surface area contributed by atoms with Gasteiger partial charge in [0.25, 0.3) is 5.22 Å². The number of carbonyl (C=O) groups excluding carboxylic acids is 1. The average molecular weight is 327 g/mol. The first-order chi connectivity index (χ1) is 11.2. The highest BCUT2D eigenvalue weighted by molar-refractivity contribution is 8.00. The van der Waals surface area contributed by atoms with Crippen LogP contribution in [0.25, 0.3) is 11.1 Å². The van der Waals surface area contributed by atoms with Gasteiger partial charge in [-0.25, -0.2) is 9.97 Å². The Kier molecular flexibility index (Phi) is 4.62. The van der Waals surface area contributed by atoms with Crippen molar-refractivity contribution in [1.82, 2.24) is 9.97 Å². The van der Waals surface area contributed by atoms with Crippen molar-refractivity contribution >= 4 is 34.6 Å². The first-order valence-corrected chi connectivity index (χ1v) is 8.29. The number of rotatable bonds is 5. The summed E-state index contributed by atoms with van der Waals surface area (Å²) in [5.41, 5.74) is 2.58. The number of hydrogen-bond acceptors (Lipinski definition) is 5. The van der Waals surface area contributed by atoms with Gasteiger partial charge in [-0.15, -0.1) is 0 Å². The number of thioether (sulfide) groups is 1. The number of oxazole rings is 1. The third-order valence-electron chi connectivity index (χ3n) is 3.34. The van der Waals surface area contributed by atoms with Gasteiger partial charge in [0.15, 0.2) is 5.58 Å². The van der Waals surface area contributed by atoms with E-state index in [1.807, 2.05) is 44.2 Å². The molecular weight excluding hydrogens is 310 g/mol. The third kappa shape index (κ3) is 3.71. The van der Waals surface area contributed by atoms with Crippen LogP contribution in [0.5, 0.6) is 0 Å². The second-order valence-corrected chi connectivity index (χ2v) is 6.33. The number of amides is 1. The van der Waals surface area contributed by atoms with Crippen molar-refractivity contribution in [2.75, 3.05) is 5.32 Å². The molecule has 3 rings (SSSR count). The average Bonchev–Trinajstić information content (AvgIpc) is 2.97. The fourth-order valence-corrected chi connectivity index (χ4v) is 2.96. The molecular formula is C17H17N3O2S. The molecule has 2 heterocycles. The topological polar surface area (TPSA) is 68.0 Å². The van der Waals surface area contributed by atoms with Crippen LogP contribution in [0.15, 0.2) is 52.2 Å². The lowest BCUT2D eigenvalue weighted by Gasteiger charge is -2.12. The van der Waals surface area contributed by atoms with Crippen LogP contribution in [0.1, 0.15) is 18.9 Å². The zero-order chi connectivity index (χ0) is 16.2. The van der Waals surface area contributed by atoms with Gasteiger partial charge in [-0.2, -0.15) is 0 Å². The minimum absolute atomic E-state index is 0.101. The number of fused-ring (bicyclic) bond motifs is 1. The fraction of sp³-hybridized carbons (Fsp3) is 0.235. The Labute approximate surface area is 138 Å². The SMILES string of the molecule is CCC(Sc1nc2ccccc2o1)C(=O)Nc1ccc(C)cn1. The van der Waals surface area contributed by atoms with Crippen LogP contribution in [0.4, 0.5) is 5.82 Å². The molecule has 23 heavy (non-hydrogen) atoms. The summed E-state index contributed by atoms with van der Waals surface area (Å²) in [7, 11) is 0. The largest absolute Gasteiger partial charge is 0.431 e. The van der Waals surface area contributed by atoms with Crippen LogP contribution in [0.2, 0.25) is 0 Å². The molecule has 0 aliphatic heterocycles. The molecule has 0 saturated carbocycles. The molecule has 118 valence electrons. The summed E-state index contributed by atoms with van der Waals surface area (Å²) < 4.78 is 5.67. The van der Waals surface area contributed by atoms with E-state index in [2.05, 4.69) is 15.3 Å². The van der Waals surface area contributed by atoms with Gasteiger partial charge in [0, 0.05) is 6.20 Å². The van der Waals surface area contributed by atoms with Gasteiger partial charge in [-0.05, 0) is 37.1 Å². The summed E-state index contributed by atoms with van der Waals surface area (Å²) in [4.78, 5) is 21.0. The Morgan fingerprint density at radius 2 is 2.13 bits per heavy atom. The number of pyridine rings is 1. The lowest BCUT2D eigenvalue weighted by molar-refractivity contribution is -0.115.